The quantitative estimate of drug-likeness (QED) is 0.778. The molecule has 0 saturated heterocycles. The molecule has 0 bridgehead atoms. The van der Waals surface area contributed by atoms with Gasteiger partial charge < -0.3 is 10.2 Å². The minimum Gasteiger partial charge on any atom is -0.308 e. The standard InChI is InChI=1S/C22H32N4O/c1-4-19(23-13-15-25(2)3)21-18(16-17-10-6-5-7-11-17)22(27)26-14-9-8-12-20(26)24-21/h5-7,10-11,19,23H,4,8-9,12-16H2,1-3H3. The van der Waals surface area contributed by atoms with Gasteiger partial charge in [-0.2, -0.15) is 0 Å². The third kappa shape index (κ3) is 4.85. The Morgan fingerprint density at radius 3 is 2.70 bits per heavy atom. The van der Waals surface area contributed by atoms with E-state index in [1.54, 1.807) is 0 Å². The number of aromatic nitrogens is 2. The zero-order valence-corrected chi connectivity index (χ0v) is 16.9. The maximum atomic E-state index is 13.3. The highest BCUT2D eigenvalue weighted by Gasteiger charge is 2.23. The highest BCUT2D eigenvalue weighted by atomic mass is 16.1. The lowest BCUT2D eigenvalue weighted by atomic mass is 9.98. The number of nitrogens with zero attached hydrogens (tertiary/aromatic N) is 3. The van der Waals surface area contributed by atoms with Crippen molar-refractivity contribution < 1.29 is 0 Å². The van der Waals surface area contributed by atoms with Gasteiger partial charge in [0.2, 0.25) is 0 Å². The van der Waals surface area contributed by atoms with Crippen LogP contribution in [-0.2, 0) is 19.4 Å². The minimum atomic E-state index is 0.115. The molecule has 0 amide bonds. The number of fused-ring (bicyclic) bond motifs is 1. The SMILES string of the molecule is CCC(NCCN(C)C)c1nc2n(c(=O)c1Cc1ccccc1)CCCC2. The summed E-state index contributed by atoms with van der Waals surface area (Å²) >= 11 is 0. The highest BCUT2D eigenvalue weighted by molar-refractivity contribution is 5.30. The molecule has 1 aliphatic rings. The number of aryl methyl sites for hydroxylation is 1. The molecule has 146 valence electrons. The largest absolute Gasteiger partial charge is 0.308 e. The van der Waals surface area contributed by atoms with E-state index in [2.05, 4.69) is 43.4 Å². The van der Waals surface area contributed by atoms with Crippen molar-refractivity contribution in [3.8, 4) is 0 Å². The zero-order valence-electron chi connectivity index (χ0n) is 16.9. The van der Waals surface area contributed by atoms with E-state index in [9.17, 15) is 4.79 Å². The molecule has 1 aromatic heterocycles. The Balaban J connectivity index is 1.98. The van der Waals surface area contributed by atoms with Gasteiger partial charge in [-0.15, -0.1) is 0 Å². The maximum absolute atomic E-state index is 13.3. The summed E-state index contributed by atoms with van der Waals surface area (Å²) in [4.78, 5) is 20.5. The van der Waals surface area contributed by atoms with Crippen LogP contribution in [0.3, 0.4) is 0 Å². The van der Waals surface area contributed by atoms with Gasteiger partial charge in [0.25, 0.3) is 5.56 Å². The van der Waals surface area contributed by atoms with Crippen LogP contribution < -0.4 is 10.9 Å². The van der Waals surface area contributed by atoms with Crippen LogP contribution in [0.15, 0.2) is 35.1 Å². The van der Waals surface area contributed by atoms with E-state index in [-0.39, 0.29) is 11.6 Å². The van der Waals surface area contributed by atoms with Gasteiger partial charge in [-0.1, -0.05) is 37.3 Å². The van der Waals surface area contributed by atoms with E-state index < -0.39 is 0 Å². The van der Waals surface area contributed by atoms with E-state index in [4.69, 9.17) is 4.98 Å². The van der Waals surface area contributed by atoms with Crippen molar-refractivity contribution in [3.05, 3.63) is 63.3 Å². The molecule has 0 radical (unpaired) electrons. The van der Waals surface area contributed by atoms with E-state index in [0.717, 1.165) is 68.0 Å². The Labute approximate surface area is 162 Å². The second-order valence-corrected chi connectivity index (χ2v) is 7.69. The number of rotatable bonds is 8. The summed E-state index contributed by atoms with van der Waals surface area (Å²) in [6, 6.07) is 10.4. The molecule has 1 atom stereocenters. The number of hydrogen-bond acceptors (Lipinski definition) is 4. The number of benzene rings is 1. The van der Waals surface area contributed by atoms with Crippen LogP contribution >= 0.6 is 0 Å². The summed E-state index contributed by atoms with van der Waals surface area (Å²) < 4.78 is 1.91. The van der Waals surface area contributed by atoms with Crippen LogP contribution in [0.1, 0.15) is 54.9 Å². The van der Waals surface area contributed by atoms with E-state index >= 15 is 0 Å². The van der Waals surface area contributed by atoms with E-state index in [0.29, 0.717) is 6.42 Å². The first kappa shape index (κ1) is 19.8. The molecule has 1 N–H and O–H groups in total. The normalized spacial score (nSPS) is 15.0. The Morgan fingerprint density at radius 1 is 1.22 bits per heavy atom. The number of likely N-dealkylation sites (N-methyl/N-ethyl adjacent to an activating group) is 1. The predicted octanol–water partition coefficient (Wildman–Crippen LogP) is 2.77. The summed E-state index contributed by atoms with van der Waals surface area (Å²) in [5, 5.41) is 3.62. The first-order chi connectivity index (χ1) is 13.1. The van der Waals surface area contributed by atoms with Gasteiger partial charge in [0.15, 0.2) is 0 Å². The summed E-state index contributed by atoms with van der Waals surface area (Å²) in [6.07, 6.45) is 4.66. The van der Waals surface area contributed by atoms with Crippen LogP contribution in [0.2, 0.25) is 0 Å². The lowest BCUT2D eigenvalue weighted by Gasteiger charge is -2.25. The topological polar surface area (TPSA) is 50.2 Å². The van der Waals surface area contributed by atoms with Crippen molar-refractivity contribution in [3.63, 3.8) is 0 Å². The molecule has 2 heterocycles. The molecule has 0 fully saturated rings. The van der Waals surface area contributed by atoms with E-state index in [1.165, 1.54) is 0 Å². The molecule has 5 nitrogen and oxygen atoms in total. The molecular formula is C22H32N4O. The monoisotopic (exact) mass is 368 g/mol. The van der Waals surface area contributed by atoms with Crippen molar-refractivity contribution in [2.75, 3.05) is 27.2 Å². The van der Waals surface area contributed by atoms with Crippen molar-refractivity contribution in [2.24, 2.45) is 0 Å². The van der Waals surface area contributed by atoms with Crippen molar-refractivity contribution in [2.45, 2.75) is 51.6 Å². The molecule has 0 aliphatic carbocycles. The first-order valence-corrected chi connectivity index (χ1v) is 10.1. The van der Waals surface area contributed by atoms with Crippen molar-refractivity contribution in [1.82, 2.24) is 19.8 Å². The first-order valence-electron chi connectivity index (χ1n) is 10.1. The molecule has 1 unspecified atom stereocenters. The number of nitrogens with one attached hydrogen (secondary N) is 1. The number of hydrogen-bond donors (Lipinski definition) is 1. The smallest absolute Gasteiger partial charge is 0.257 e. The van der Waals surface area contributed by atoms with Crippen molar-refractivity contribution >= 4 is 0 Å². The minimum absolute atomic E-state index is 0.115. The molecule has 1 aromatic carbocycles. The molecule has 0 spiro atoms. The highest BCUT2D eigenvalue weighted by Crippen LogP contribution is 2.22. The van der Waals surface area contributed by atoms with Gasteiger partial charge in [-0.3, -0.25) is 9.36 Å². The fraction of sp³-hybridized carbons (Fsp3) is 0.545. The molecule has 2 aromatic rings. The van der Waals surface area contributed by atoms with Crippen LogP contribution in [0.4, 0.5) is 0 Å². The fourth-order valence-corrected chi connectivity index (χ4v) is 3.78. The van der Waals surface area contributed by atoms with Gasteiger partial charge in [0.05, 0.1) is 5.69 Å². The lowest BCUT2D eigenvalue weighted by molar-refractivity contribution is 0.377. The molecule has 0 saturated carbocycles. The molecule has 5 heteroatoms. The summed E-state index contributed by atoms with van der Waals surface area (Å²) in [7, 11) is 4.15. The summed E-state index contributed by atoms with van der Waals surface area (Å²) in [5.41, 5.74) is 3.14. The Bertz CT molecular complexity index is 798. The van der Waals surface area contributed by atoms with Gasteiger partial charge in [-0.25, -0.2) is 4.98 Å². The van der Waals surface area contributed by atoms with Gasteiger partial charge in [-0.05, 0) is 38.9 Å². The Morgan fingerprint density at radius 2 is 2.00 bits per heavy atom. The second kappa shape index (κ2) is 9.29. The van der Waals surface area contributed by atoms with Gasteiger partial charge >= 0.3 is 0 Å². The second-order valence-electron chi connectivity index (χ2n) is 7.69. The average Bonchev–Trinajstić information content (AvgIpc) is 2.68. The fourth-order valence-electron chi connectivity index (χ4n) is 3.78. The van der Waals surface area contributed by atoms with Crippen LogP contribution in [-0.4, -0.2) is 41.6 Å². The van der Waals surface area contributed by atoms with Crippen molar-refractivity contribution in [1.29, 1.82) is 0 Å². The Kier molecular flexibility index (Phi) is 6.80. The van der Waals surface area contributed by atoms with Crippen LogP contribution in [0.25, 0.3) is 0 Å². The maximum Gasteiger partial charge on any atom is 0.257 e. The summed E-state index contributed by atoms with van der Waals surface area (Å²) in [5.74, 6) is 0.964. The lowest BCUT2D eigenvalue weighted by Crippen LogP contribution is -2.36. The summed E-state index contributed by atoms with van der Waals surface area (Å²) in [6.45, 7) is 4.82. The predicted molar refractivity (Wildman–Crippen MR) is 110 cm³/mol. The third-order valence-corrected chi connectivity index (χ3v) is 5.32. The van der Waals surface area contributed by atoms with E-state index in [1.807, 2.05) is 22.8 Å². The third-order valence-electron chi connectivity index (χ3n) is 5.32. The molecule has 3 rings (SSSR count). The average molecular weight is 369 g/mol. The molecular weight excluding hydrogens is 336 g/mol. The van der Waals surface area contributed by atoms with Gasteiger partial charge in [0, 0.05) is 44.1 Å². The van der Waals surface area contributed by atoms with Crippen LogP contribution in [0.5, 0.6) is 0 Å². The molecule has 1 aliphatic heterocycles. The molecule has 27 heavy (non-hydrogen) atoms. The van der Waals surface area contributed by atoms with Gasteiger partial charge in [0.1, 0.15) is 5.82 Å². The van der Waals surface area contributed by atoms with Crippen LogP contribution in [0, 0.1) is 0 Å². The Hall–Kier alpha value is -1.98. The zero-order chi connectivity index (χ0) is 19.2.